The van der Waals surface area contributed by atoms with Gasteiger partial charge in [0, 0.05) is 12.1 Å². The number of nitrogens with two attached hydrogens (primary N) is 1. The number of rotatable bonds is 4. The van der Waals surface area contributed by atoms with E-state index in [1.807, 2.05) is 13.2 Å². The summed E-state index contributed by atoms with van der Waals surface area (Å²) in [6, 6.07) is 0. The Bertz CT molecular complexity index is 410. The molecule has 1 aromatic heterocycles. The monoisotopic (exact) mass is 256 g/mol. The van der Waals surface area contributed by atoms with Crippen molar-refractivity contribution in [3.63, 3.8) is 0 Å². The van der Waals surface area contributed by atoms with E-state index in [2.05, 4.69) is 5.32 Å². The van der Waals surface area contributed by atoms with Crippen LogP contribution in [0.2, 0.25) is 0 Å². The minimum absolute atomic E-state index is 0.0350. The number of carbonyl (C=O) groups is 1. The maximum atomic E-state index is 11.8. The number of carbonyl (C=O) groups excluding carboxylic acids is 1. The normalized spacial score (nSPS) is 15.1. The highest BCUT2D eigenvalue weighted by atomic mass is 32.2. The van der Waals surface area contributed by atoms with Crippen LogP contribution in [0.15, 0.2) is 4.21 Å². The maximum absolute atomic E-state index is 11.8. The lowest BCUT2D eigenvalue weighted by atomic mass is 10.1. The van der Waals surface area contributed by atoms with Crippen LogP contribution in [0.5, 0.6) is 0 Å². The molecule has 1 aromatic rings. The highest BCUT2D eigenvalue weighted by molar-refractivity contribution is 8.00. The van der Waals surface area contributed by atoms with Crippen molar-refractivity contribution < 1.29 is 4.79 Å². The zero-order valence-electron chi connectivity index (χ0n) is 9.50. The summed E-state index contributed by atoms with van der Waals surface area (Å²) in [6.07, 6.45) is 4.46. The Hall–Kier alpha value is -0.680. The second-order valence-corrected chi connectivity index (χ2v) is 5.98. The molecule has 0 saturated heterocycles. The van der Waals surface area contributed by atoms with Crippen LogP contribution < -0.4 is 11.1 Å². The van der Waals surface area contributed by atoms with Crippen LogP contribution in [0.4, 0.5) is 5.69 Å². The summed E-state index contributed by atoms with van der Waals surface area (Å²) in [5, 5.41) is 2.81. The van der Waals surface area contributed by atoms with Crippen molar-refractivity contribution in [3.8, 4) is 0 Å². The zero-order chi connectivity index (χ0) is 11.7. The SMILES string of the molecule is CCNC(=O)c1sc(SC)c(C2CC2)c1N. The van der Waals surface area contributed by atoms with Crippen molar-refractivity contribution in [2.75, 3.05) is 18.5 Å². The largest absolute Gasteiger partial charge is 0.397 e. The molecule has 1 aliphatic rings. The Morgan fingerprint density at radius 3 is 2.81 bits per heavy atom. The Morgan fingerprint density at radius 2 is 2.31 bits per heavy atom. The Labute approximate surface area is 104 Å². The molecular weight excluding hydrogens is 240 g/mol. The third-order valence-corrected chi connectivity index (χ3v) is 5.02. The van der Waals surface area contributed by atoms with Crippen molar-refractivity contribution in [1.29, 1.82) is 0 Å². The molecule has 1 heterocycles. The summed E-state index contributed by atoms with van der Waals surface area (Å²) in [4.78, 5) is 12.5. The minimum Gasteiger partial charge on any atom is -0.397 e. The number of amides is 1. The fourth-order valence-electron chi connectivity index (χ4n) is 1.75. The number of anilines is 1. The standard InChI is InChI=1S/C11H16N2OS2/c1-3-13-10(14)9-8(12)7(6-4-5-6)11(15-2)16-9/h6H,3-5,12H2,1-2H3,(H,13,14). The molecule has 16 heavy (non-hydrogen) atoms. The van der Waals surface area contributed by atoms with Gasteiger partial charge in [-0.15, -0.1) is 23.1 Å². The van der Waals surface area contributed by atoms with E-state index in [-0.39, 0.29) is 5.91 Å². The van der Waals surface area contributed by atoms with Gasteiger partial charge in [0.1, 0.15) is 4.88 Å². The van der Waals surface area contributed by atoms with Crippen molar-refractivity contribution in [1.82, 2.24) is 5.32 Å². The molecule has 1 amide bonds. The molecule has 1 aliphatic carbocycles. The van der Waals surface area contributed by atoms with Gasteiger partial charge in [-0.3, -0.25) is 4.79 Å². The summed E-state index contributed by atoms with van der Waals surface area (Å²) in [7, 11) is 0. The molecule has 3 nitrogen and oxygen atoms in total. The number of nitrogens with one attached hydrogen (secondary N) is 1. The molecule has 0 atom stereocenters. The van der Waals surface area contributed by atoms with Gasteiger partial charge in [-0.25, -0.2) is 0 Å². The van der Waals surface area contributed by atoms with Gasteiger partial charge in [0.15, 0.2) is 0 Å². The first-order chi connectivity index (χ1) is 7.69. The molecule has 3 N–H and O–H groups in total. The van der Waals surface area contributed by atoms with E-state index in [0.29, 0.717) is 23.0 Å². The summed E-state index contributed by atoms with van der Waals surface area (Å²) in [5.41, 5.74) is 8.02. The van der Waals surface area contributed by atoms with Gasteiger partial charge in [-0.1, -0.05) is 0 Å². The highest BCUT2D eigenvalue weighted by Gasteiger charge is 2.32. The third kappa shape index (κ3) is 2.06. The maximum Gasteiger partial charge on any atom is 0.263 e. The van der Waals surface area contributed by atoms with Crippen LogP contribution in [0.3, 0.4) is 0 Å². The van der Waals surface area contributed by atoms with E-state index in [1.165, 1.54) is 34.0 Å². The highest BCUT2D eigenvalue weighted by Crippen LogP contribution is 2.50. The predicted molar refractivity (Wildman–Crippen MR) is 70.5 cm³/mol. The molecule has 0 radical (unpaired) electrons. The zero-order valence-corrected chi connectivity index (χ0v) is 11.1. The van der Waals surface area contributed by atoms with Crippen molar-refractivity contribution in [2.24, 2.45) is 0 Å². The molecule has 88 valence electrons. The molecule has 0 unspecified atom stereocenters. The number of nitrogen functional groups attached to an aromatic ring is 1. The lowest BCUT2D eigenvalue weighted by Crippen LogP contribution is -2.22. The first kappa shape index (κ1) is 11.8. The molecule has 0 bridgehead atoms. The van der Waals surface area contributed by atoms with Gasteiger partial charge >= 0.3 is 0 Å². The van der Waals surface area contributed by atoms with E-state index in [4.69, 9.17) is 5.73 Å². The summed E-state index contributed by atoms with van der Waals surface area (Å²) in [6.45, 7) is 2.56. The van der Waals surface area contributed by atoms with Crippen LogP contribution in [0, 0.1) is 0 Å². The first-order valence-corrected chi connectivity index (χ1v) is 7.47. The second kappa shape index (κ2) is 4.67. The lowest BCUT2D eigenvalue weighted by molar-refractivity contribution is 0.0960. The molecule has 0 spiro atoms. The van der Waals surface area contributed by atoms with Gasteiger partial charge in [0.05, 0.1) is 9.90 Å². The Morgan fingerprint density at radius 1 is 1.62 bits per heavy atom. The minimum atomic E-state index is -0.0350. The number of hydrogen-bond donors (Lipinski definition) is 2. The summed E-state index contributed by atoms with van der Waals surface area (Å²) in [5.74, 6) is 0.564. The van der Waals surface area contributed by atoms with Crippen LogP contribution in [-0.4, -0.2) is 18.7 Å². The van der Waals surface area contributed by atoms with Gasteiger partial charge in [0.2, 0.25) is 0 Å². The van der Waals surface area contributed by atoms with Gasteiger partial charge in [-0.05, 0) is 31.9 Å². The van der Waals surface area contributed by atoms with Crippen LogP contribution >= 0.6 is 23.1 Å². The number of thiophene rings is 1. The molecule has 1 saturated carbocycles. The smallest absolute Gasteiger partial charge is 0.263 e. The Kier molecular flexibility index (Phi) is 3.44. The molecule has 0 aliphatic heterocycles. The number of thioether (sulfide) groups is 1. The predicted octanol–water partition coefficient (Wildman–Crippen LogP) is 2.68. The van der Waals surface area contributed by atoms with Crippen LogP contribution in [0.25, 0.3) is 0 Å². The fraction of sp³-hybridized carbons (Fsp3) is 0.545. The lowest BCUT2D eigenvalue weighted by Gasteiger charge is -2.01. The van der Waals surface area contributed by atoms with Crippen molar-refractivity contribution in [3.05, 3.63) is 10.4 Å². The average Bonchev–Trinajstić information content (AvgIpc) is 3.03. The first-order valence-electron chi connectivity index (χ1n) is 5.43. The van der Waals surface area contributed by atoms with Crippen LogP contribution in [0.1, 0.15) is 40.9 Å². The fourth-order valence-corrected chi connectivity index (χ4v) is 3.79. The molecule has 1 fully saturated rings. The number of hydrogen-bond acceptors (Lipinski definition) is 4. The van der Waals surface area contributed by atoms with Crippen LogP contribution in [-0.2, 0) is 0 Å². The summed E-state index contributed by atoms with van der Waals surface area (Å²) < 4.78 is 1.21. The third-order valence-electron chi connectivity index (χ3n) is 2.66. The van der Waals surface area contributed by atoms with Crippen molar-refractivity contribution >= 4 is 34.7 Å². The van der Waals surface area contributed by atoms with E-state index in [9.17, 15) is 4.79 Å². The Balaban J connectivity index is 2.35. The summed E-state index contributed by atoms with van der Waals surface area (Å²) >= 11 is 3.22. The molecule has 5 heteroatoms. The van der Waals surface area contributed by atoms with E-state index < -0.39 is 0 Å². The van der Waals surface area contributed by atoms with Gasteiger partial charge in [-0.2, -0.15) is 0 Å². The second-order valence-electron chi connectivity index (χ2n) is 3.88. The van der Waals surface area contributed by atoms with E-state index in [0.717, 1.165) is 0 Å². The van der Waals surface area contributed by atoms with Crippen molar-refractivity contribution in [2.45, 2.75) is 29.9 Å². The molecule has 0 aromatic carbocycles. The topological polar surface area (TPSA) is 55.1 Å². The average molecular weight is 256 g/mol. The molecule has 2 rings (SSSR count). The van der Waals surface area contributed by atoms with E-state index in [1.54, 1.807) is 11.8 Å². The van der Waals surface area contributed by atoms with Gasteiger partial charge in [0.25, 0.3) is 5.91 Å². The van der Waals surface area contributed by atoms with E-state index >= 15 is 0 Å². The quantitative estimate of drug-likeness (QED) is 0.814. The molecular formula is C11H16N2OS2. The van der Waals surface area contributed by atoms with Gasteiger partial charge < -0.3 is 11.1 Å².